The highest BCUT2D eigenvalue weighted by Crippen LogP contribution is 2.37. The van der Waals surface area contributed by atoms with Crippen LogP contribution in [0, 0.1) is 0 Å². The molecule has 0 saturated carbocycles. The first-order valence-electron chi connectivity index (χ1n) is 14.8. The van der Waals surface area contributed by atoms with Crippen LogP contribution in [0.5, 0.6) is 11.5 Å². The molecule has 3 heterocycles. The Balaban J connectivity index is 1.37. The molecule has 7 rings (SSSR count). The van der Waals surface area contributed by atoms with E-state index in [0.717, 1.165) is 45.1 Å². The topological polar surface area (TPSA) is 44.9 Å². The average molecular weight is 565 g/mol. The van der Waals surface area contributed by atoms with E-state index in [1.54, 1.807) is 0 Å². The van der Waals surface area contributed by atoms with Gasteiger partial charge in [0.15, 0.2) is 0 Å². The van der Waals surface area contributed by atoms with Crippen molar-refractivity contribution in [2.24, 2.45) is 0 Å². The highest BCUT2D eigenvalue weighted by atomic mass is 16.5. The molecular weight excluding hydrogens is 528 g/mol. The van der Waals surface area contributed by atoms with Gasteiger partial charge in [-0.3, -0.25) is 9.13 Å². The van der Waals surface area contributed by atoms with E-state index >= 15 is 0 Å². The molecule has 5 nitrogen and oxygen atoms in total. The van der Waals surface area contributed by atoms with Gasteiger partial charge in [0, 0.05) is 29.1 Å². The Labute approximate surface area is 252 Å². The zero-order valence-electron chi connectivity index (χ0n) is 25.6. The molecule has 0 N–H and O–H groups in total. The number of nitrogens with zero attached hydrogens (tertiary/aromatic N) is 4. The number of benzene rings is 4. The quantitative estimate of drug-likeness (QED) is 0.214. The van der Waals surface area contributed by atoms with Crippen LogP contribution in [0.4, 0.5) is 0 Å². The van der Waals surface area contributed by atoms with E-state index in [9.17, 15) is 0 Å². The maximum Gasteiger partial charge on any atom is 0.137 e. The van der Waals surface area contributed by atoms with Gasteiger partial charge in [-0.05, 0) is 76.6 Å². The zero-order chi connectivity index (χ0) is 29.9. The first kappa shape index (κ1) is 27.0. The maximum atomic E-state index is 6.67. The summed E-state index contributed by atoms with van der Waals surface area (Å²) < 4.78 is 11.1. The Kier molecular flexibility index (Phi) is 6.17. The summed E-state index contributed by atoms with van der Waals surface area (Å²) in [5.41, 5.74) is 7.62. The summed E-state index contributed by atoms with van der Waals surface area (Å²) in [6.07, 6.45) is 3.80. The molecule has 0 bridgehead atoms. The van der Waals surface area contributed by atoms with Crippen molar-refractivity contribution in [2.75, 3.05) is 0 Å². The van der Waals surface area contributed by atoms with E-state index in [4.69, 9.17) is 9.72 Å². The molecule has 0 aliphatic heterocycles. The van der Waals surface area contributed by atoms with Crippen LogP contribution in [0.3, 0.4) is 0 Å². The number of rotatable bonds is 4. The number of hydrogen-bond donors (Lipinski definition) is 0. The molecule has 43 heavy (non-hydrogen) atoms. The predicted octanol–water partition coefficient (Wildman–Crippen LogP) is 9.90. The third-order valence-corrected chi connectivity index (χ3v) is 8.21. The second-order valence-electron chi connectivity index (χ2n) is 13.4. The number of fused-ring (bicyclic) bond motifs is 4. The molecule has 0 fully saturated rings. The fourth-order valence-corrected chi connectivity index (χ4v) is 5.78. The standard InChI is InChI=1S/C38H36N4O/c1-37(2,3)25-17-18-39-36(21-25)42-33-13-9-7-11-30(33)31-16-15-28(23-35(31)42)43-29-20-26(38(4,5)6)19-27(22-29)41-24-40-32-12-8-10-14-34(32)41/h7-24H,1-6H3. The second-order valence-corrected chi connectivity index (χ2v) is 13.4. The van der Waals surface area contributed by atoms with Crippen LogP contribution in [-0.4, -0.2) is 19.1 Å². The number of hydrogen-bond acceptors (Lipinski definition) is 3. The number of imidazole rings is 1. The molecule has 0 unspecified atom stereocenters. The van der Waals surface area contributed by atoms with Crippen molar-refractivity contribution >= 4 is 32.8 Å². The van der Waals surface area contributed by atoms with Crippen molar-refractivity contribution < 1.29 is 4.74 Å². The van der Waals surface area contributed by atoms with Gasteiger partial charge in [-0.2, -0.15) is 0 Å². The minimum absolute atomic E-state index is 0.0149. The Hall–Kier alpha value is -4.90. The van der Waals surface area contributed by atoms with Gasteiger partial charge in [-0.1, -0.05) is 71.9 Å². The van der Waals surface area contributed by atoms with Gasteiger partial charge < -0.3 is 4.74 Å². The Morgan fingerprint density at radius 3 is 2.09 bits per heavy atom. The highest BCUT2D eigenvalue weighted by Gasteiger charge is 2.20. The summed E-state index contributed by atoms with van der Waals surface area (Å²) in [4.78, 5) is 9.45. The summed E-state index contributed by atoms with van der Waals surface area (Å²) in [6.45, 7) is 13.4. The molecule has 3 aromatic heterocycles. The Morgan fingerprint density at radius 1 is 0.581 bits per heavy atom. The predicted molar refractivity (Wildman–Crippen MR) is 177 cm³/mol. The fourth-order valence-electron chi connectivity index (χ4n) is 5.78. The summed E-state index contributed by atoms with van der Waals surface area (Å²) in [5, 5.41) is 2.36. The Bertz CT molecular complexity index is 2140. The maximum absolute atomic E-state index is 6.67. The highest BCUT2D eigenvalue weighted by molar-refractivity contribution is 6.09. The molecule has 0 aliphatic rings. The molecule has 0 spiro atoms. The normalized spacial score (nSPS) is 12.4. The van der Waals surface area contributed by atoms with Gasteiger partial charge in [0.25, 0.3) is 0 Å². The van der Waals surface area contributed by atoms with Gasteiger partial charge in [0.05, 0.1) is 27.8 Å². The summed E-state index contributed by atoms with van der Waals surface area (Å²) in [5.74, 6) is 2.46. The molecule has 7 aromatic rings. The number of para-hydroxylation sites is 3. The molecule has 0 radical (unpaired) electrons. The van der Waals surface area contributed by atoms with E-state index in [0.29, 0.717) is 0 Å². The van der Waals surface area contributed by atoms with Crippen molar-refractivity contribution in [2.45, 2.75) is 52.4 Å². The van der Waals surface area contributed by atoms with Crippen LogP contribution in [0.1, 0.15) is 52.7 Å². The molecule has 214 valence electrons. The number of aromatic nitrogens is 4. The second kappa shape index (κ2) is 9.84. The van der Waals surface area contributed by atoms with Crippen molar-refractivity contribution in [3.05, 3.63) is 121 Å². The first-order valence-corrected chi connectivity index (χ1v) is 14.8. The van der Waals surface area contributed by atoms with Gasteiger partial charge in [0.2, 0.25) is 0 Å². The molecule has 0 amide bonds. The van der Waals surface area contributed by atoms with E-state index < -0.39 is 0 Å². The van der Waals surface area contributed by atoms with Crippen LogP contribution in [0.25, 0.3) is 44.3 Å². The van der Waals surface area contributed by atoms with E-state index in [1.807, 2.05) is 30.7 Å². The van der Waals surface area contributed by atoms with Crippen LogP contribution in [0.2, 0.25) is 0 Å². The van der Waals surface area contributed by atoms with Crippen molar-refractivity contribution in [1.29, 1.82) is 0 Å². The van der Waals surface area contributed by atoms with Gasteiger partial charge in [-0.15, -0.1) is 0 Å². The molecule has 0 atom stereocenters. The SMILES string of the molecule is CC(C)(C)c1cc(Oc2ccc3c4ccccc4n(-c4cc(C(C)(C)C)ccn4)c3c2)cc(-n2cnc3ccccc32)c1. The summed E-state index contributed by atoms with van der Waals surface area (Å²) in [6, 6.07) is 33.9. The third-order valence-electron chi connectivity index (χ3n) is 8.21. The van der Waals surface area contributed by atoms with Crippen LogP contribution < -0.4 is 4.74 Å². The lowest BCUT2D eigenvalue weighted by Crippen LogP contribution is -2.12. The van der Waals surface area contributed by atoms with Gasteiger partial charge in [0.1, 0.15) is 23.6 Å². The lowest BCUT2D eigenvalue weighted by Gasteiger charge is -2.22. The third kappa shape index (κ3) is 4.85. The minimum Gasteiger partial charge on any atom is -0.457 e. The minimum atomic E-state index is -0.0649. The van der Waals surface area contributed by atoms with Crippen molar-refractivity contribution in [3.8, 4) is 23.0 Å². The Morgan fingerprint density at radius 2 is 1.30 bits per heavy atom. The lowest BCUT2D eigenvalue weighted by atomic mass is 9.86. The fraction of sp³-hybridized carbons (Fsp3) is 0.211. The molecule has 5 heteroatoms. The van der Waals surface area contributed by atoms with Gasteiger partial charge in [-0.25, -0.2) is 9.97 Å². The monoisotopic (exact) mass is 564 g/mol. The van der Waals surface area contributed by atoms with Gasteiger partial charge >= 0.3 is 0 Å². The molecular formula is C38H36N4O. The molecule has 0 aliphatic carbocycles. The number of pyridine rings is 1. The first-order chi connectivity index (χ1) is 20.6. The van der Waals surface area contributed by atoms with E-state index in [-0.39, 0.29) is 10.8 Å². The smallest absolute Gasteiger partial charge is 0.137 e. The average Bonchev–Trinajstić information content (AvgIpc) is 3.55. The summed E-state index contributed by atoms with van der Waals surface area (Å²) in [7, 11) is 0. The summed E-state index contributed by atoms with van der Waals surface area (Å²) >= 11 is 0. The van der Waals surface area contributed by atoms with Crippen molar-refractivity contribution in [1.82, 2.24) is 19.1 Å². The molecule has 4 aromatic carbocycles. The van der Waals surface area contributed by atoms with Crippen molar-refractivity contribution in [3.63, 3.8) is 0 Å². The van der Waals surface area contributed by atoms with E-state index in [1.165, 1.54) is 21.9 Å². The largest absolute Gasteiger partial charge is 0.457 e. The van der Waals surface area contributed by atoms with E-state index in [2.05, 4.69) is 135 Å². The number of ether oxygens (including phenoxy) is 1. The van der Waals surface area contributed by atoms with Crippen LogP contribution >= 0.6 is 0 Å². The lowest BCUT2D eigenvalue weighted by molar-refractivity contribution is 0.479. The zero-order valence-corrected chi connectivity index (χ0v) is 25.6. The van der Waals surface area contributed by atoms with Crippen LogP contribution in [0.15, 0.2) is 110 Å². The van der Waals surface area contributed by atoms with Crippen LogP contribution in [-0.2, 0) is 10.8 Å². The molecule has 0 saturated heterocycles.